The number of nitrogens with two attached hydrogens (primary N) is 1. The molecule has 0 aliphatic carbocycles. The SMILES string of the molecule is Cc1cc(C)c(-c2cn3c(CN)csc3n2)c(C)c1. The first-order valence-corrected chi connectivity index (χ1v) is 7.22. The third-order valence-corrected chi connectivity index (χ3v) is 4.31. The Morgan fingerprint density at radius 2 is 1.89 bits per heavy atom. The fourth-order valence-electron chi connectivity index (χ4n) is 2.68. The minimum absolute atomic E-state index is 0.543. The minimum Gasteiger partial charge on any atom is -0.325 e. The summed E-state index contributed by atoms with van der Waals surface area (Å²) in [6.07, 6.45) is 2.10. The summed E-state index contributed by atoms with van der Waals surface area (Å²) in [5.74, 6) is 0. The number of fused-ring (bicyclic) bond motifs is 1. The van der Waals surface area contributed by atoms with Crippen molar-refractivity contribution in [3.05, 3.63) is 46.1 Å². The molecular weight excluding hydrogens is 254 g/mol. The maximum absolute atomic E-state index is 5.75. The van der Waals surface area contributed by atoms with Crippen molar-refractivity contribution >= 4 is 16.3 Å². The number of aromatic nitrogens is 2. The van der Waals surface area contributed by atoms with Gasteiger partial charge in [0.15, 0.2) is 4.96 Å². The first kappa shape index (κ1) is 12.4. The van der Waals surface area contributed by atoms with Crippen LogP contribution in [0.15, 0.2) is 23.7 Å². The summed E-state index contributed by atoms with van der Waals surface area (Å²) in [6.45, 7) is 6.96. The number of benzene rings is 1. The highest BCUT2D eigenvalue weighted by Crippen LogP contribution is 2.29. The number of nitrogens with zero attached hydrogens (tertiary/aromatic N) is 2. The molecule has 98 valence electrons. The molecule has 0 unspecified atom stereocenters. The van der Waals surface area contributed by atoms with E-state index < -0.39 is 0 Å². The minimum atomic E-state index is 0.543. The molecular formula is C15H17N3S. The molecule has 0 spiro atoms. The molecule has 19 heavy (non-hydrogen) atoms. The summed E-state index contributed by atoms with van der Waals surface area (Å²) in [5.41, 5.74) is 13.0. The van der Waals surface area contributed by atoms with Gasteiger partial charge in [-0.2, -0.15) is 0 Å². The third-order valence-electron chi connectivity index (χ3n) is 3.43. The molecule has 2 heterocycles. The molecule has 3 rings (SSSR count). The van der Waals surface area contributed by atoms with Crippen LogP contribution in [-0.2, 0) is 6.54 Å². The lowest BCUT2D eigenvalue weighted by Gasteiger charge is -2.08. The normalized spacial score (nSPS) is 11.4. The average Bonchev–Trinajstić information content (AvgIpc) is 2.86. The van der Waals surface area contributed by atoms with Crippen LogP contribution in [0.1, 0.15) is 22.4 Å². The summed E-state index contributed by atoms with van der Waals surface area (Å²) in [5, 5.41) is 2.07. The van der Waals surface area contributed by atoms with Crippen molar-refractivity contribution in [3.63, 3.8) is 0 Å². The number of rotatable bonds is 2. The first-order chi connectivity index (χ1) is 9.10. The Labute approximate surface area is 116 Å². The fraction of sp³-hybridized carbons (Fsp3) is 0.267. The van der Waals surface area contributed by atoms with E-state index in [9.17, 15) is 0 Å². The van der Waals surface area contributed by atoms with Crippen LogP contribution < -0.4 is 5.73 Å². The average molecular weight is 271 g/mol. The molecule has 0 aliphatic rings. The number of imidazole rings is 1. The van der Waals surface area contributed by atoms with E-state index in [4.69, 9.17) is 10.7 Å². The first-order valence-electron chi connectivity index (χ1n) is 6.34. The van der Waals surface area contributed by atoms with E-state index in [1.807, 2.05) is 0 Å². The highest BCUT2D eigenvalue weighted by atomic mass is 32.1. The zero-order chi connectivity index (χ0) is 13.6. The lowest BCUT2D eigenvalue weighted by Crippen LogP contribution is -1.98. The van der Waals surface area contributed by atoms with Crippen LogP contribution in [0.4, 0.5) is 0 Å². The van der Waals surface area contributed by atoms with Crippen LogP contribution in [0.3, 0.4) is 0 Å². The van der Waals surface area contributed by atoms with Crippen molar-refractivity contribution in [1.29, 1.82) is 0 Å². The van der Waals surface area contributed by atoms with Crippen LogP contribution in [0.5, 0.6) is 0 Å². The highest BCUT2D eigenvalue weighted by Gasteiger charge is 2.12. The van der Waals surface area contributed by atoms with Gasteiger partial charge in [0.25, 0.3) is 0 Å². The van der Waals surface area contributed by atoms with Crippen LogP contribution in [0.2, 0.25) is 0 Å². The summed E-state index contributed by atoms with van der Waals surface area (Å²) < 4.78 is 2.10. The molecule has 3 nitrogen and oxygen atoms in total. The number of hydrogen-bond donors (Lipinski definition) is 1. The fourth-order valence-corrected chi connectivity index (χ4v) is 3.57. The molecule has 2 aromatic heterocycles. The van der Waals surface area contributed by atoms with Crippen molar-refractivity contribution < 1.29 is 0 Å². The number of thiazole rings is 1. The second kappa shape index (κ2) is 4.47. The topological polar surface area (TPSA) is 43.3 Å². The van der Waals surface area contributed by atoms with Crippen LogP contribution >= 0.6 is 11.3 Å². The highest BCUT2D eigenvalue weighted by molar-refractivity contribution is 7.15. The summed E-state index contributed by atoms with van der Waals surface area (Å²) in [7, 11) is 0. The molecule has 4 heteroatoms. The van der Waals surface area contributed by atoms with E-state index in [2.05, 4.69) is 48.9 Å². The molecule has 0 saturated carbocycles. The van der Waals surface area contributed by atoms with Crippen LogP contribution in [-0.4, -0.2) is 9.38 Å². The second-order valence-corrected chi connectivity index (χ2v) is 5.82. The zero-order valence-corrected chi connectivity index (χ0v) is 12.2. The van der Waals surface area contributed by atoms with Gasteiger partial charge < -0.3 is 5.73 Å². The van der Waals surface area contributed by atoms with Gasteiger partial charge >= 0.3 is 0 Å². The molecule has 2 N–H and O–H groups in total. The summed E-state index contributed by atoms with van der Waals surface area (Å²) >= 11 is 1.64. The standard InChI is InChI=1S/C15H17N3S/c1-9-4-10(2)14(11(3)5-9)13-7-18-12(6-16)8-19-15(18)17-13/h4-5,7-8H,6,16H2,1-3H3. The lowest BCUT2D eigenvalue weighted by atomic mass is 9.98. The van der Waals surface area contributed by atoms with Crippen LogP contribution in [0.25, 0.3) is 16.2 Å². The van der Waals surface area contributed by atoms with Crippen molar-refractivity contribution in [2.24, 2.45) is 5.73 Å². The van der Waals surface area contributed by atoms with Gasteiger partial charge in [-0.3, -0.25) is 4.40 Å². The van der Waals surface area contributed by atoms with E-state index in [-0.39, 0.29) is 0 Å². The Morgan fingerprint density at radius 3 is 2.53 bits per heavy atom. The van der Waals surface area contributed by atoms with E-state index in [1.54, 1.807) is 11.3 Å². The molecule has 0 atom stereocenters. The molecule has 0 fully saturated rings. The van der Waals surface area contributed by atoms with Gasteiger partial charge in [-0.25, -0.2) is 4.98 Å². The molecule has 1 aromatic carbocycles. The molecule has 0 amide bonds. The maximum atomic E-state index is 5.75. The van der Waals surface area contributed by atoms with E-state index in [1.165, 1.54) is 22.3 Å². The predicted molar refractivity (Wildman–Crippen MR) is 80.6 cm³/mol. The smallest absolute Gasteiger partial charge is 0.194 e. The van der Waals surface area contributed by atoms with E-state index in [0.29, 0.717) is 6.54 Å². The van der Waals surface area contributed by atoms with Crippen LogP contribution in [0, 0.1) is 20.8 Å². The Balaban J connectivity index is 2.22. The van der Waals surface area contributed by atoms with Gasteiger partial charge in [0.05, 0.1) is 5.69 Å². The van der Waals surface area contributed by atoms with Gasteiger partial charge in [0.1, 0.15) is 0 Å². The Kier molecular flexibility index (Phi) is 2.92. The summed E-state index contributed by atoms with van der Waals surface area (Å²) in [4.78, 5) is 5.74. The van der Waals surface area contributed by atoms with E-state index >= 15 is 0 Å². The van der Waals surface area contributed by atoms with Crippen molar-refractivity contribution in [2.75, 3.05) is 0 Å². The number of aryl methyl sites for hydroxylation is 3. The van der Waals surface area contributed by atoms with Gasteiger partial charge in [0, 0.05) is 29.4 Å². The molecule has 0 radical (unpaired) electrons. The summed E-state index contributed by atoms with van der Waals surface area (Å²) in [6, 6.07) is 4.42. The van der Waals surface area contributed by atoms with Gasteiger partial charge in [-0.05, 0) is 31.9 Å². The zero-order valence-electron chi connectivity index (χ0n) is 11.4. The lowest BCUT2D eigenvalue weighted by molar-refractivity contribution is 0.966. The quantitative estimate of drug-likeness (QED) is 0.776. The maximum Gasteiger partial charge on any atom is 0.194 e. The molecule has 0 saturated heterocycles. The van der Waals surface area contributed by atoms with E-state index in [0.717, 1.165) is 16.3 Å². The van der Waals surface area contributed by atoms with Crippen molar-refractivity contribution in [3.8, 4) is 11.3 Å². The largest absolute Gasteiger partial charge is 0.325 e. The monoisotopic (exact) mass is 271 g/mol. The van der Waals surface area contributed by atoms with Crippen molar-refractivity contribution in [1.82, 2.24) is 9.38 Å². The third kappa shape index (κ3) is 1.97. The Morgan fingerprint density at radius 1 is 1.21 bits per heavy atom. The van der Waals surface area contributed by atoms with Gasteiger partial charge in [0.2, 0.25) is 0 Å². The van der Waals surface area contributed by atoms with Gasteiger partial charge in [-0.1, -0.05) is 17.7 Å². The Hall–Kier alpha value is -1.65. The predicted octanol–water partition coefficient (Wildman–Crippen LogP) is 3.45. The second-order valence-electron chi connectivity index (χ2n) is 4.98. The molecule has 3 aromatic rings. The number of hydrogen-bond acceptors (Lipinski definition) is 3. The molecule has 0 aliphatic heterocycles. The van der Waals surface area contributed by atoms with Gasteiger partial charge in [-0.15, -0.1) is 11.3 Å². The Bertz CT molecular complexity index is 729. The van der Waals surface area contributed by atoms with Crippen molar-refractivity contribution in [2.45, 2.75) is 27.3 Å². The molecule has 0 bridgehead atoms.